The smallest absolute Gasteiger partial charge is 0.302 e. The molecule has 2 spiro atoms. The van der Waals surface area contributed by atoms with Gasteiger partial charge in [-0.05, 0) is 37.2 Å². The van der Waals surface area contributed by atoms with E-state index in [0.29, 0.717) is 25.7 Å². The molecule has 0 aromatic carbocycles. The average Bonchev–Trinajstić information content (AvgIpc) is 2.80. The summed E-state index contributed by atoms with van der Waals surface area (Å²) in [6, 6.07) is 0. The molecule has 0 aromatic heterocycles. The lowest BCUT2D eigenvalue weighted by atomic mass is 9.35. The minimum absolute atomic E-state index is 0.0279. The Morgan fingerprint density at radius 3 is 2.60 bits per heavy atom. The fourth-order valence-electron chi connectivity index (χ4n) is 8.16. The molecule has 2 heterocycles. The van der Waals surface area contributed by atoms with Crippen molar-refractivity contribution in [1.29, 1.82) is 0 Å². The second-order valence-electron chi connectivity index (χ2n) is 10.4. The molecule has 0 radical (unpaired) electrons. The van der Waals surface area contributed by atoms with Crippen LogP contribution in [0.1, 0.15) is 39.5 Å². The lowest BCUT2D eigenvalue weighted by Gasteiger charge is -2.74. The highest BCUT2D eigenvalue weighted by Gasteiger charge is 2.87. The van der Waals surface area contributed by atoms with Gasteiger partial charge in [0.1, 0.15) is 11.5 Å². The lowest BCUT2D eigenvalue weighted by Crippen LogP contribution is -2.86. The Labute approximate surface area is 174 Å². The van der Waals surface area contributed by atoms with Crippen molar-refractivity contribution in [2.75, 3.05) is 13.2 Å². The Kier molecular flexibility index (Phi) is 4.06. The summed E-state index contributed by atoms with van der Waals surface area (Å²) in [5, 5.41) is 45.8. The zero-order valence-electron chi connectivity index (χ0n) is 17.3. The van der Waals surface area contributed by atoms with Gasteiger partial charge in [-0.2, -0.15) is 0 Å². The quantitative estimate of drug-likeness (QED) is 0.359. The highest BCUT2D eigenvalue weighted by atomic mass is 16.6. The molecule has 0 unspecified atom stereocenters. The number of aliphatic hydroxyl groups excluding tert-OH is 3. The maximum absolute atomic E-state index is 13.5. The van der Waals surface area contributed by atoms with Crippen molar-refractivity contribution in [1.82, 2.24) is 0 Å². The molecular formula is C22H30O8. The van der Waals surface area contributed by atoms with Crippen molar-refractivity contribution in [3.8, 4) is 0 Å². The summed E-state index contributed by atoms with van der Waals surface area (Å²) in [5.74, 6) is -4.96. The van der Waals surface area contributed by atoms with E-state index in [-0.39, 0.29) is 18.8 Å². The van der Waals surface area contributed by atoms with Gasteiger partial charge in [0.25, 0.3) is 0 Å². The molecule has 0 amide bonds. The number of ether oxygens (including phenoxy) is 2. The van der Waals surface area contributed by atoms with Crippen molar-refractivity contribution in [2.24, 2.45) is 34.0 Å². The third kappa shape index (κ3) is 1.92. The van der Waals surface area contributed by atoms with Gasteiger partial charge in [-0.1, -0.05) is 13.5 Å². The summed E-state index contributed by atoms with van der Waals surface area (Å²) < 4.78 is 11.1. The maximum atomic E-state index is 13.5. The molecule has 166 valence electrons. The van der Waals surface area contributed by atoms with Crippen LogP contribution in [0.3, 0.4) is 0 Å². The maximum Gasteiger partial charge on any atom is 0.302 e. The first kappa shape index (κ1) is 20.6. The van der Waals surface area contributed by atoms with Gasteiger partial charge in [-0.15, -0.1) is 0 Å². The number of carbonyl (C=O) groups excluding carboxylic acids is 2. The minimum Gasteiger partial charge on any atom is -0.465 e. The van der Waals surface area contributed by atoms with Crippen LogP contribution in [0.25, 0.3) is 0 Å². The van der Waals surface area contributed by atoms with Crippen LogP contribution in [0, 0.1) is 34.0 Å². The molecule has 30 heavy (non-hydrogen) atoms. The Morgan fingerprint density at radius 1 is 1.23 bits per heavy atom. The molecule has 4 N–H and O–H groups in total. The summed E-state index contributed by atoms with van der Waals surface area (Å²) >= 11 is 0. The van der Waals surface area contributed by atoms with E-state index in [9.17, 15) is 30.0 Å². The zero-order chi connectivity index (χ0) is 21.9. The predicted molar refractivity (Wildman–Crippen MR) is 102 cm³/mol. The SMILES string of the molecule is C=C1C(=O)[C@]23[C@H](O)[C@H]1CC[C@H]2[C@@]12CO[C@@]3(O)[C@@H](O)[C@@H]1[C@](C)(COC(C)=O)CC[C@H]2O. The van der Waals surface area contributed by atoms with Gasteiger partial charge < -0.3 is 29.9 Å². The van der Waals surface area contributed by atoms with E-state index in [0.717, 1.165) is 0 Å². The molecule has 4 bridgehead atoms. The number of carbonyl (C=O) groups is 2. The lowest BCUT2D eigenvalue weighted by molar-refractivity contribution is -0.459. The normalized spacial score (nSPS) is 56.5. The Balaban J connectivity index is 1.71. The number of aliphatic hydroxyl groups is 4. The molecule has 0 aromatic rings. The first-order chi connectivity index (χ1) is 14.0. The second-order valence-corrected chi connectivity index (χ2v) is 10.4. The molecule has 6 fully saturated rings. The molecule has 8 nitrogen and oxygen atoms in total. The fourth-order valence-corrected chi connectivity index (χ4v) is 8.16. The third-order valence-electron chi connectivity index (χ3n) is 9.32. The van der Waals surface area contributed by atoms with E-state index in [4.69, 9.17) is 9.47 Å². The fraction of sp³-hybridized carbons (Fsp3) is 0.818. The van der Waals surface area contributed by atoms with E-state index in [1.807, 2.05) is 6.92 Å². The number of rotatable bonds is 2. The number of hydrogen-bond acceptors (Lipinski definition) is 8. The first-order valence-corrected chi connectivity index (χ1v) is 10.8. The van der Waals surface area contributed by atoms with Gasteiger partial charge in [-0.25, -0.2) is 0 Å². The van der Waals surface area contributed by atoms with Crippen LogP contribution in [-0.4, -0.2) is 69.5 Å². The van der Waals surface area contributed by atoms with Gasteiger partial charge in [-0.3, -0.25) is 9.59 Å². The van der Waals surface area contributed by atoms with Crippen LogP contribution < -0.4 is 0 Å². The zero-order valence-corrected chi connectivity index (χ0v) is 17.3. The number of ketones is 1. The third-order valence-corrected chi connectivity index (χ3v) is 9.32. The molecule has 6 rings (SSSR count). The summed E-state index contributed by atoms with van der Waals surface area (Å²) in [6.07, 6.45) is -1.78. The van der Waals surface area contributed by atoms with E-state index in [1.54, 1.807) is 0 Å². The number of hydrogen-bond donors (Lipinski definition) is 4. The van der Waals surface area contributed by atoms with Crippen LogP contribution in [0.5, 0.6) is 0 Å². The Bertz CT molecular complexity index is 841. The highest BCUT2D eigenvalue weighted by Crippen LogP contribution is 2.76. The van der Waals surface area contributed by atoms with Crippen LogP contribution in [0.15, 0.2) is 12.2 Å². The van der Waals surface area contributed by atoms with E-state index >= 15 is 0 Å². The average molecular weight is 422 g/mol. The molecule has 4 aliphatic carbocycles. The van der Waals surface area contributed by atoms with Crippen molar-refractivity contribution >= 4 is 11.8 Å². The summed E-state index contributed by atoms with van der Waals surface area (Å²) in [6.45, 7) is 7.06. The number of esters is 1. The number of fused-ring (bicyclic) bond motifs is 2. The largest absolute Gasteiger partial charge is 0.465 e. The van der Waals surface area contributed by atoms with E-state index in [1.165, 1.54) is 6.92 Å². The topological polar surface area (TPSA) is 134 Å². The minimum atomic E-state index is -2.30. The number of Topliss-reactive ketones (excluding diaryl/α,β-unsaturated/α-hetero) is 1. The second kappa shape index (κ2) is 5.92. The van der Waals surface area contributed by atoms with Crippen molar-refractivity contribution in [3.05, 3.63) is 12.2 Å². The van der Waals surface area contributed by atoms with Crippen LogP contribution in [0.4, 0.5) is 0 Å². The van der Waals surface area contributed by atoms with E-state index < -0.39 is 69.9 Å². The summed E-state index contributed by atoms with van der Waals surface area (Å²) in [7, 11) is 0. The summed E-state index contributed by atoms with van der Waals surface area (Å²) in [5.41, 5.74) is -3.28. The van der Waals surface area contributed by atoms with Gasteiger partial charge >= 0.3 is 5.97 Å². The molecule has 2 aliphatic heterocycles. The van der Waals surface area contributed by atoms with Crippen molar-refractivity contribution in [2.45, 2.75) is 63.6 Å². The Hall–Kier alpha value is -1.32. The van der Waals surface area contributed by atoms with Crippen LogP contribution >= 0.6 is 0 Å². The molecule has 8 heteroatoms. The molecule has 2 saturated heterocycles. The monoisotopic (exact) mass is 422 g/mol. The standard InChI is InChI=1S/C22H30O8/c1-10-12-4-5-13-20-9-30-22(28,21(13,16(10)25)17(12)26)18(27)15(20)19(3,7-6-14(20)24)8-29-11(2)23/h12-15,17-18,24,26-28H,1,4-9H2,2-3H3/t12-,13-,14+,15+,17+,18-,19-,20+,21-,22-/m0/s1. The van der Waals surface area contributed by atoms with Crippen LogP contribution in [0.2, 0.25) is 0 Å². The van der Waals surface area contributed by atoms with Crippen molar-refractivity contribution in [3.63, 3.8) is 0 Å². The molecule has 10 atom stereocenters. The van der Waals surface area contributed by atoms with Crippen molar-refractivity contribution < 1.29 is 39.5 Å². The predicted octanol–water partition coefficient (Wildman–Crippen LogP) is -0.0812. The molecule has 4 saturated carbocycles. The first-order valence-electron chi connectivity index (χ1n) is 10.8. The van der Waals surface area contributed by atoms with Crippen LogP contribution in [-0.2, 0) is 19.1 Å². The highest BCUT2D eigenvalue weighted by molar-refractivity contribution is 6.05. The molecular weight excluding hydrogens is 392 g/mol. The summed E-state index contributed by atoms with van der Waals surface area (Å²) in [4.78, 5) is 25.0. The molecule has 6 aliphatic rings. The van der Waals surface area contributed by atoms with Gasteiger partial charge in [0.05, 0.1) is 25.4 Å². The van der Waals surface area contributed by atoms with Gasteiger partial charge in [0, 0.05) is 29.6 Å². The van der Waals surface area contributed by atoms with Gasteiger partial charge in [0.15, 0.2) is 5.78 Å². The van der Waals surface area contributed by atoms with Gasteiger partial charge in [0.2, 0.25) is 5.79 Å². The van der Waals surface area contributed by atoms with E-state index in [2.05, 4.69) is 6.58 Å². The Morgan fingerprint density at radius 2 is 1.93 bits per heavy atom.